The fourth-order valence-corrected chi connectivity index (χ4v) is 5.91. The Balaban J connectivity index is 1.71. The summed E-state index contributed by atoms with van der Waals surface area (Å²) in [5.41, 5.74) is 8.21. The minimum atomic E-state index is -0.410. The third-order valence-corrected chi connectivity index (χ3v) is 8.53. The molecule has 0 fully saturated rings. The number of amides is 1. The first kappa shape index (κ1) is 30.1. The second-order valence-corrected chi connectivity index (χ2v) is 11.8. The van der Waals surface area contributed by atoms with E-state index in [4.69, 9.17) is 14.9 Å². The molecule has 9 nitrogen and oxygen atoms in total. The molecule has 2 aromatic heterocycles. The first-order chi connectivity index (χ1) is 20.6. The van der Waals surface area contributed by atoms with E-state index in [9.17, 15) is 20.1 Å². The molecule has 9 heteroatoms. The summed E-state index contributed by atoms with van der Waals surface area (Å²) in [5.74, 6) is -0.450. The van der Waals surface area contributed by atoms with Gasteiger partial charge < -0.3 is 40.5 Å². The van der Waals surface area contributed by atoms with Crippen LogP contribution in [0.2, 0.25) is 0 Å². The summed E-state index contributed by atoms with van der Waals surface area (Å²) < 4.78 is 11.6. The molecule has 2 aromatic carbocycles. The highest BCUT2D eigenvalue weighted by Crippen LogP contribution is 2.54. The summed E-state index contributed by atoms with van der Waals surface area (Å²) >= 11 is 0. The number of furan rings is 1. The van der Waals surface area contributed by atoms with Gasteiger partial charge in [0.1, 0.15) is 11.3 Å². The van der Waals surface area contributed by atoms with E-state index in [-0.39, 0.29) is 51.8 Å². The van der Waals surface area contributed by atoms with Crippen LogP contribution in [0.1, 0.15) is 70.4 Å². The van der Waals surface area contributed by atoms with Crippen molar-refractivity contribution < 1.29 is 29.3 Å². The highest BCUT2D eigenvalue weighted by Gasteiger charge is 2.29. The Morgan fingerprint density at radius 3 is 2.51 bits per heavy atom. The third-order valence-electron chi connectivity index (χ3n) is 8.53. The van der Waals surface area contributed by atoms with Gasteiger partial charge in [0.25, 0.3) is 5.91 Å². The zero-order chi connectivity index (χ0) is 30.8. The second kappa shape index (κ2) is 12.5. The molecule has 6 rings (SSSR count). The molecule has 2 unspecified atom stereocenters. The first-order valence-electron chi connectivity index (χ1n) is 15.0. The monoisotopic (exact) mass is 587 g/mol. The van der Waals surface area contributed by atoms with Gasteiger partial charge in [0.15, 0.2) is 5.75 Å². The molecule has 0 radical (unpaired) electrons. The molecule has 1 amide bonds. The van der Waals surface area contributed by atoms with E-state index < -0.39 is 5.91 Å². The zero-order valence-corrected chi connectivity index (χ0v) is 25.2. The summed E-state index contributed by atoms with van der Waals surface area (Å²) in [6, 6.07) is 0. The maximum Gasteiger partial charge on any atom is 0.334 e. The standard InChI is InChI=1S/C34H41N3O6/c1-18-10-5-6-11-19(2)13-9-14-20(3)33(41)37-28-23-22(16-35)17-36-27(23)24-25(30(28)39)29(38)21(4)32-26(24)31(40)34(43-32)42-15-8-7-12-18/h8-9,13-15,17-19,36,38-40H,5-7,10-12,16,35H2,1-4H3,(H,37,41)/b13-9?,15-8?,20-14-. The number of fused-ring (bicyclic) bond motifs is 13. The van der Waals surface area contributed by atoms with Gasteiger partial charge in [-0.2, -0.15) is 0 Å². The number of rotatable bonds is 1. The number of phenolic OH excluding ortho intramolecular Hbond substituents is 2. The lowest BCUT2D eigenvalue weighted by Gasteiger charge is -2.16. The van der Waals surface area contributed by atoms with Gasteiger partial charge in [0.05, 0.1) is 28.2 Å². The SMILES string of the molecule is C/C1=C/C=CC(C)CCCCC(C)CCC=COc2oc3c(C)c(O)c4c(O)c(c5c(CN)c[nH]c5c4c3c2O)NC1=O. The quantitative estimate of drug-likeness (QED) is 0.124. The van der Waals surface area contributed by atoms with E-state index in [0.29, 0.717) is 44.8 Å². The number of phenols is 2. The number of carbonyl (C=O) groups is 1. The highest BCUT2D eigenvalue weighted by molar-refractivity contribution is 6.29. The van der Waals surface area contributed by atoms with Crippen molar-refractivity contribution in [1.29, 1.82) is 0 Å². The van der Waals surface area contributed by atoms with Crippen LogP contribution in [-0.4, -0.2) is 26.2 Å². The smallest absolute Gasteiger partial charge is 0.334 e. The lowest BCUT2D eigenvalue weighted by Crippen LogP contribution is -2.13. The molecule has 0 spiro atoms. The number of anilines is 1. The fourth-order valence-electron chi connectivity index (χ4n) is 5.91. The summed E-state index contributed by atoms with van der Waals surface area (Å²) in [7, 11) is 0. The largest absolute Gasteiger partial charge is 0.507 e. The van der Waals surface area contributed by atoms with E-state index in [1.165, 1.54) is 6.26 Å². The average molecular weight is 588 g/mol. The molecule has 7 N–H and O–H groups in total. The van der Waals surface area contributed by atoms with E-state index in [2.05, 4.69) is 30.2 Å². The molecular weight excluding hydrogens is 546 g/mol. The van der Waals surface area contributed by atoms with Crippen molar-refractivity contribution in [2.75, 3.05) is 5.32 Å². The number of nitrogens with two attached hydrogens (primary N) is 1. The van der Waals surface area contributed by atoms with Crippen LogP contribution in [0.25, 0.3) is 32.6 Å². The van der Waals surface area contributed by atoms with Crippen LogP contribution in [0, 0.1) is 18.8 Å². The number of carbonyl (C=O) groups excluding carboxylic acids is 1. The van der Waals surface area contributed by atoms with Crippen LogP contribution in [0.4, 0.5) is 5.69 Å². The van der Waals surface area contributed by atoms with Crippen LogP contribution in [0.15, 0.2) is 46.8 Å². The Morgan fingerprint density at radius 1 is 0.977 bits per heavy atom. The first-order valence-corrected chi connectivity index (χ1v) is 15.0. The number of aromatic nitrogens is 1. The highest BCUT2D eigenvalue weighted by atomic mass is 16.6. The maximum atomic E-state index is 13.3. The van der Waals surface area contributed by atoms with Gasteiger partial charge in [-0.3, -0.25) is 4.79 Å². The molecule has 5 bridgehead atoms. The van der Waals surface area contributed by atoms with Gasteiger partial charge in [0, 0.05) is 34.7 Å². The number of aryl methyl sites for hydroxylation is 1. The Labute approximate surface area is 250 Å². The maximum absolute atomic E-state index is 13.3. The summed E-state index contributed by atoms with van der Waals surface area (Å²) in [6.45, 7) is 7.86. The van der Waals surface area contributed by atoms with Gasteiger partial charge in [-0.25, -0.2) is 0 Å². The normalized spacial score (nSPS) is 20.7. The Kier molecular flexibility index (Phi) is 8.73. The number of benzene rings is 2. The van der Waals surface area contributed by atoms with Crippen LogP contribution < -0.4 is 15.8 Å². The Bertz CT molecular complexity index is 1770. The molecule has 4 heterocycles. The van der Waals surface area contributed by atoms with E-state index in [1.807, 2.05) is 12.2 Å². The van der Waals surface area contributed by atoms with Crippen molar-refractivity contribution in [3.63, 3.8) is 0 Å². The van der Waals surface area contributed by atoms with Crippen LogP contribution in [-0.2, 0) is 11.3 Å². The number of aromatic amines is 1. The van der Waals surface area contributed by atoms with Gasteiger partial charge in [0.2, 0.25) is 5.75 Å². The molecule has 0 aliphatic carbocycles. The van der Waals surface area contributed by atoms with Crippen LogP contribution >= 0.6 is 0 Å². The summed E-state index contributed by atoms with van der Waals surface area (Å²) in [6.07, 6.45) is 17.2. The Hall–Kier alpha value is -4.37. The van der Waals surface area contributed by atoms with Gasteiger partial charge in [-0.05, 0) is 56.6 Å². The number of ether oxygens (including phenoxy) is 1. The third kappa shape index (κ3) is 5.69. The molecule has 43 heavy (non-hydrogen) atoms. The molecule has 2 aliphatic heterocycles. The number of nitrogens with one attached hydrogen (secondary N) is 2. The summed E-state index contributed by atoms with van der Waals surface area (Å²) in [4.78, 5) is 16.5. The zero-order valence-electron chi connectivity index (χ0n) is 25.2. The van der Waals surface area contributed by atoms with Gasteiger partial charge in [-0.15, -0.1) is 0 Å². The van der Waals surface area contributed by atoms with Crippen molar-refractivity contribution in [2.24, 2.45) is 17.6 Å². The molecule has 0 saturated carbocycles. The average Bonchev–Trinajstić information content (AvgIpc) is 3.55. The van der Waals surface area contributed by atoms with Crippen molar-refractivity contribution in [1.82, 2.24) is 4.98 Å². The molecule has 2 aliphatic rings. The van der Waals surface area contributed by atoms with Gasteiger partial charge in [-0.1, -0.05) is 51.3 Å². The topological polar surface area (TPSA) is 154 Å². The summed E-state index contributed by atoms with van der Waals surface area (Å²) in [5, 5.41) is 38.2. The number of H-pyrrole nitrogens is 1. The predicted octanol–water partition coefficient (Wildman–Crippen LogP) is 7.91. The lowest BCUT2D eigenvalue weighted by atomic mass is 9.95. The minimum absolute atomic E-state index is 0.0511. The number of allylic oxidation sites excluding steroid dienone is 4. The van der Waals surface area contributed by atoms with E-state index >= 15 is 0 Å². The number of hydrogen-bond acceptors (Lipinski definition) is 7. The Morgan fingerprint density at radius 2 is 1.74 bits per heavy atom. The van der Waals surface area contributed by atoms with Gasteiger partial charge >= 0.3 is 5.95 Å². The fraction of sp³-hybridized carbons (Fsp3) is 0.382. The minimum Gasteiger partial charge on any atom is -0.507 e. The van der Waals surface area contributed by atoms with Crippen LogP contribution in [0.5, 0.6) is 23.2 Å². The number of hydrogen-bond donors (Lipinski definition) is 6. The van der Waals surface area contributed by atoms with Crippen LogP contribution in [0.3, 0.4) is 0 Å². The van der Waals surface area contributed by atoms with E-state index in [1.54, 1.807) is 26.1 Å². The molecular formula is C34H41N3O6. The van der Waals surface area contributed by atoms with Crippen molar-refractivity contribution in [3.05, 3.63) is 53.5 Å². The predicted molar refractivity (Wildman–Crippen MR) is 171 cm³/mol. The van der Waals surface area contributed by atoms with Crippen molar-refractivity contribution >= 4 is 44.2 Å². The van der Waals surface area contributed by atoms with Crippen molar-refractivity contribution in [3.8, 4) is 23.2 Å². The molecule has 4 aromatic rings. The molecule has 228 valence electrons. The molecule has 0 saturated heterocycles. The van der Waals surface area contributed by atoms with E-state index in [0.717, 1.165) is 38.5 Å². The lowest BCUT2D eigenvalue weighted by molar-refractivity contribution is -0.112. The molecule has 2 atom stereocenters. The number of aromatic hydroxyl groups is 3. The second-order valence-electron chi connectivity index (χ2n) is 11.8. The van der Waals surface area contributed by atoms with Crippen molar-refractivity contribution in [2.45, 2.75) is 72.8 Å².